The molecule has 0 radical (unpaired) electrons. The van der Waals surface area contributed by atoms with Gasteiger partial charge in [-0.25, -0.2) is 13.4 Å². The van der Waals surface area contributed by atoms with E-state index in [4.69, 9.17) is 4.98 Å². The molecule has 34 heavy (non-hydrogen) atoms. The first-order valence-corrected chi connectivity index (χ1v) is 13.4. The maximum Gasteiger partial charge on any atom is 0.260 e. The zero-order valence-electron chi connectivity index (χ0n) is 19.9. The molecule has 1 saturated heterocycles. The summed E-state index contributed by atoms with van der Waals surface area (Å²) in [5.41, 5.74) is 3.69. The van der Waals surface area contributed by atoms with E-state index in [0.717, 1.165) is 23.1 Å². The Morgan fingerprint density at radius 2 is 1.65 bits per heavy atom. The first-order valence-electron chi connectivity index (χ1n) is 11.1. The van der Waals surface area contributed by atoms with Gasteiger partial charge in [0.05, 0.1) is 15.1 Å². The number of carbonyl (C=O) groups is 1. The van der Waals surface area contributed by atoms with Gasteiger partial charge in [-0.1, -0.05) is 11.3 Å². The van der Waals surface area contributed by atoms with Gasteiger partial charge in [-0.05, 0) is 88.3 Å². The van der Waals surface area contributed by atoms with Crippen molar-refractivity contribution >= 4 is 55.0 Å². The Labute approximate surface area is 211 Å². The predicted molar refractivity (Wildman–Crippen MR) is 141 cm³/mol. The van der Waals surface area contributed by atoms with Crippen molar-refractivity contribution in [2.45, 2.75) is 31.6 Å². The summed E-state index contributed by atoms with van der Waals surface area (Å²) in [4.78, 5) is 22.2. The van der Waals surface area contributed by atoms with Crippen molar-refractivity contribution in [2.75, 3.05) is 45.2 Å². The van der Waals surface area contributed by atoms with Gasteiger partial charge in [-0.15, -0.1) is 12.4 Å². The zero-order valence-corrected chi connectivity index (χ0v) is 22.4. The third-order valence-corrected chi connectivity index (χ3v) is 9.00. The fourth-order valence-electron chi connectivity index (χ4n) is 3.87. The lowest BCUT2D eigenvalue weighted by molar-refractivity contribution is 0.0985. The standard InChI is InChI=1S/C24H30N4O3S2.ClH/c1-17-15-21-22(16-18(17)2)32-24(25-21)28(14-13-26(3)4)23(29)19-7-9-20(10-8-19)33(30,31)27-11-5-6-12-27;/h7-10,15-16H,5-6,11-14H2,1-4H3;1H. The minimum absolute atomic E-state index is 0. The lowest BCUT2D eigenvalue weighted by Gasteiger charge is -2.22. The second kappa shape index (κ2) is 10.7. The van der Waals surface area contributed by atoms with Gasteiger partial charge in [-0.3, -0.25) is 9.69 Å². The number of thiazole rings is 1. The number of carbonyl (C=O) groups excluding carboxylic acids is 1. The summed E-state index contributed by atoms with van der Waals surface area (Å²) in [5.74, 6) is -0.186. The Balaban J connectivity index is 0.00000324. The van der Waals surface area contributed by atoms with Crippen LogP contribution in [0.5, 0.6) is 0 Å². The van der Waals surface area contributed by atoms with Crippen molar-refractivity contribution in [1.29, 1.82) is 0 Å². The average molecular weight is 523 g/mol. The molecule has 3 aromatic rings. The van der Waals surface area contributed by atoms with E-state index in [1.807, 2.05) is 19.0 Å². The summed E-state index contributed by atoms with van der Waals surface area (Å²) < 4.78 is 28.2. The van der Waals surface area contributed by atoms with Gasteiger partial charge in [-0.2, -0.15) is 4.31 Å². The first-order chi connectivity index (χ1) is 15.7. The van der Waals surface area contributed by atoms with E-state index in [1.54, 1.807) is 17.0 Å². The molecule has 10 heteroatoms. The second-order valence-electron chi connectivity index (χ2n) is 8.80. The predicted octanol–water partition coefficient (Wildman–Crippen LogP) is 4.33. The Kier molecular flexibility index (Phi) is 8.36. The van der Waals surface area contributed by atoms with Crippen molar-refractivity contribution in [2.24, 2.45) is 0 Å². The molecule has 0 aliphatic carbocycles. The quantitative estimate of drug-likeness (QED) is 0.462. The van der Waals surface area contributed by atoms with Gasteiger partial charge < -0.3 is 4.90 Å². The molecule has 4 rings (SSSR count). The van der Waals surface area contributed by atoms with Crippen molar-refractivity contribution in [3.63, 3.8) is 0 Å². The van der Waals surface area contributed by atoms with Gasteiger partial charge in [0.2, 0.25) is 10.0 Å². The Bertz CT molecular complexity index is 1230. The summed E-state index contributed by atoms with van der Waals surface area (Å²) in [5, 5.41) is 0.649. The highest BCUT2D eigenvalue weighted by atomic mass is 35.5. The maximum atomic E-state index is 13.5. The van der Waals surface area contributed by atoms with E-state index in [9.17, 15) is 13.2 Å². The topological polar surface area (TPSA) is 73.8 Å². The smallest absolute Gasteiger partial charge is 0.260 e. The number of halogens is 1. The normalized spacial score (nSPS) is 14.5. The molecule has 1 aliphatic heterocycles. The molecular weight excluding hydrogens is 492 g/mol. The molecule has 1 aromatic heterocycles. The molecule has 2 aromatic carbocycles. The number of hydrogen-bond acceptors (Lipinski definition) is 6. The monoisotopic (exact) mass is 522 g/mol. The number of amides is 1. The summed E-state index contributed by atoms with van der Waals surface area (Å²) in [6.45, 7) is 6.40. The second-order valence-corrected chi connectivity index (χ2v) is 11.7. The number of benzene rings is 2. The van der Waals surface area contributed by atoms with Crippen molar-refractivity contribution < 1.29 is 13.2 Å². The molecule has 1 amide bonds. The highest BCUT2D eigenvalue weighted by molar-refractivity contribution is 7.89. The van der Waals surface area contributed by atoms with E-state index < -0.39 is 10.0 Å². The largest absolute Gasteiger partial charge is 0.308 e. The lowest BCUT2D eigenvalue weighted by atomic mass is 10.1. The number of aromatic nitrogens is 1. The Morgan fingerprint density at radius 1 is 1.03 bits per heavy atom. The molecule has 0 atom stereocenters. The zero-order chi connectivity index (χ0) is 23.8. The average Bonchev–Trinajstić information content (AvgIpc) is 3.45. The lowest BCUT2D eigenvalue weighted by Crippen LogP contribution is -2.36. The molecule has 0 bridgehead atoms. The summed E-state index contributed by atoms with van der Waals surface area (Å²) in [6.07, 6.45) is 1.77. The van der Waals surface area contributed by atoms with Crippen LogP contribution in [0.4, 0.5) is 5.13 Å². The number of fused-ring (bicyclic) bond motifs is 1. The van der Waals surface area contributed by atoms with Crippen LogP contribution in [0.1, 0.15) is 34.3 Å². The van der Waals surface area contributed by atoms with E-state index >= 15 is 0 Å². The third kappa shape index (κ3) is 5.44. The summed E-state index contributed by atoms with van der Waals surface area (Å²) >= 11 is 1.50. The van der Waals surface area contributed by atoms with Crippen LogP contribution >= 0.6 is 23.7 Å². The van der Waals surface area contributed by atoms with Crippen LogP contribution < -0.4 is 4.90 Å². The van der Waals surface area contributed by atoms with E-state index in [1.165, 1.54) is 38.9 Å². The van der Waals surface area contributed by atoms with E-state index in [2.05, 4.69) is 26.0 Å². The highest BCUT2D eigenvalue weighted by Gasteiger charge is 2.28. The highest BCUT2D eigenvalue weighted by Crippen LogP contribution is 2.32. The Morgan fingerprint density at radius 3 is 2.26 bits per heavy atom. The number of likely N-dealkylation sites (N-methyl/N-ethyl adjacent to an activating group) is 1. The maximum absolute atomic E-state index is 13.5. The van der Waals surface area contributed by atoms with Gasteiger partial charge in [0.15, 0.2) is 5.13 Å². The van der Waals surface area contributed by atoms with Crippen LogP contribution in [-0.2, 0) is 10.0 Å². The number of nitrogens with zero attached hydrogens (tertiary/aromatic N) is 4. The SMILES string of the molecule is Cc1cc2nc(N(CCN(C)C)C(=O)c3ccc(S(=O)(=O)N4CCCC4)cc3)sc2cc1C.Cl. The summed E-state index contributed by atoms with van der Waals surface area (Å²) in [7, 11) is 0.419. The van der Waals surface area contributed by atoms with Crippen molar-refractivity contribution in [3.05, 3.63) is 53.1 Å². The Hall–Kier alpha value is -2.04. The number of anilines is 1. The molecule has 7 nitrogen and oxygen atoms in total. The number of sulfonamides is 1. The molecule has 1 fully saturated rings. The fourth-order valence-corrected chi connectivity index (χ4v) is 6.46. The number of rotatable bonds is 7. The van der Waals surface area contributed by atoms with Crippen LogP contribution in [0, 0.1) is 13.8 Å². The van der Waals surface area contributed by atoms with Crippen LogP contribution in [0.15, 0.2) is 41.3 Å². The molecule has 0 N–H and O–H groups in total. The molecule has 2 heterocycles. The number of hydrogen-bond donors (Lipinski definition) is 0. The van der Waals surface area contributed by atoms with Gasteiger partial charge in [0.1, 0.15) is 0 Å². The third-order valence-electron chi connectivity index (χ3n) is 6.04. The van der Waals surface area contributed by atoms with Crippen molar-refractivity contribution in [3.8, 4) is 0 Å². The van der Waals surface area contributed by atoms with Gasteiger partial charge >= 0.3 is 0 Å². The van der Waals surface area contributed by atoms with Crippen molar-refractivity contribution in [1.82, 2.24) is 14.2 Å². The molecular formula is C24H31ClN4O3S2. The van der Waals surface area contributed by atoms with Crippen LogP contribution in [0.3, 0.4) is 0 Å². The molecule has 1 aliphatic rings. The molecule has 0 unspecified atom stereocenters. The van der Waals surface area contributed by atoms with Crippen LogP contribution in [-0.4, -0.2) is 68.8 Å². The summed E-state index contributed by atoms with van der Waals surface area (Å²) in [6, 6.07) is 10.5. The molecule has 0 saturated carbocycles. The number of aryl methyl sites for hydroxylation is 2. The molecule has 184 valence electrons. The van der Waals surface area contributed by atoms with E-state index in [-0.39, 0.29) is 23.2 Å². The van der Waals surface area contributed by atoms with Crippen LogP contribution in [0.2, 0.25) is 0 Å². The van der Waals surface area contributed by atoms with Crippen LogP contribution in [0.25, 0.3) is 10.2 Å². The minimum atomic E-state index is -3.51. The van der Waals surface area contributed by atoms with Gasteiger partial charge in [0.25, 0.3) is 5.91 Å². The molecule has 0 spiro atoms. The fraction of sp³-hybridized carbons (Fsp3) is 0.417. The first kappa shape index (κ1) is 26.6. The van der Waals surface area contributed by atoms with Gasteiger partial charge in [0, 0.05) is 31.7 Å². The minimum Gasteiger partial charge on any atom is -0.308 e. The van der Waals surface area contributed by atoms with E-state index in [0.29, 0.717) is 36.9 Å².